The highest BCUT2D eigenvalue weighted by atomic mass is 16.5. The van der Waals surface area contributed by atoms with Crippen LogP contribution in [0.4, 0.5) is 0 Å². The van der Waals surface area contributed by atoms with Gasteiger partial charge in [0.2, 0.25) is 0 Å². The maximum Gasteiger partial charge on any atom is 0.342 e. The molecule has 27 heavy (non-hydrogen) atoms. The SMILES string of the molecule is CCOc1ccccc1-c1oc2c(C(=O)OCCO)cccc2c(=O)c1C. The molecule has 6 nitrogen and oxygen atoms in total. The Balaban J connectivity index is 2.26. The third-order valence-corrected chi connectivity index (χ3v) is 4.12. The van der Waals surface area contributed by atoms with Crippen LogP contribution in [0.3, 0.4) is 0 Å². The van der Waals surface area contributed by atoms with Gasteiger partial charge in [-0.2, -0.15) is 0 Å². The first-order chi connectivity index (χ1) is 13.1. The minimum atomic E-state index is -0.661. The quantitative estimate of drug-likeness (QED) is 0.672. The lowest BCUT2D eigenvalue weighted by atomic mass is 10.0. The molecule has 0 saturated carbocycles. The van der Waals surface area contributed by atoms with Crippen LogP contribution in [-0.4, -0.2) is 30.9 Å². The molecule has 0 aliphatic heterocycles. The van der Waals surface area contributed by atoms with Crippen molar-refractivity contribution in [2.75, 3.05) is 19.8 Å². The van der Waals surface area contributed by atoms with Crippen molar-refractivity contribution in [1.82, 2.24) is 0 Å². The van der Waals surface area contributed by atoms with Crippen LogP contribution in [0, 0.1) is 6.92 Å². The predicted molar refractivity (Wildman–Crippen MR) is 101 cm³/mol. The van der Waals surface area contributed by atoms with E-state index in [2.05, 4.69) is 0 Å². The smallest absolute Gasteiger partial charge is 0.342 e. The number of ether oxygens (including phenoxy) is 2. The van der Waals surface area contributed by atoms with E-state index in [1.165, 1.54) is 6.07 Å². The fourth-order valence-electron chi connectivity index (χ4n) is 2.88. The summed E-state index contributed by atoms with van der Waals surface area (Å²) >= 11 is 0. The Labute approximate surface area is 156 Å². The highest BCUT2D eigenvalue weighted by molar-refractivity contribution is 6.02. The Hall–Kier alpha value is -3.12. The molecule has 0 bridgehead atoms. The van der Waals surface area contributed by atoms with Gasteiger partial charge < -0.3 is 19.0 Å². The molecule has 3 aromatic rings. The molecule has 0 aliphatic rings. The third-order valence-electron chi connectivity index (χ3n) is 4.12. The van der Waals surface area contributed by atoms with Gasteiger partial charge in [-0.05, 0) is 38.1 Å². The monoisotopic (exact) mass is 368 g/mol. The Bertz CT molecular complexity index is 1030. The summed E-state index contributed by atoms with van der Waals surface area (Å²) in [5.74, 6) is 0.274. The van der Waals surface area contributed by atoms with E-state index < -0.39 is 5.97 Å². The van der Waals surface area contributed by atoms with Crippen LogP contribution in [0.2, 0.25) is 0 Å². The number of carbonyl (C=O) groups is 1. The van der Waals surface area contributed by atoms with Crippen molar-refractivity contribution >= 4 is 16.9 Å². The molecule has 0 aliphatic carbocycles. The Morgan fingerprint density at radius 2 is 1.93 bits per heavy atom. The van der Waals surface area contributed by atoms with Crippen LogP contribution in [0.25, 0.3) is 22.3 Å². The number of benzene rings is 2. The largest absolute Gasteiger partial charge is 0.493 e. The highest BCUT2D eigenvalue weighted by Gasteiger charge is 2.20. The summed E-state index contributed by atoms with van der Waals surface area (Å²) in [7, 11) is 0. The summed E-state index contributed by atoms with van der Waals surface area (Å²) in [6, 6.07) is 12.0. The molecular formula is C21H20O6. The normalized spacial score (nSPS) is 10.8. The number of aliphatic hydroxyl groups excluding tert-OH is 1. The van der Waals surface area contributed by atoms with E-state index in [1.807, 2.05) is 19.1 Å². The lowest BCUT2D eigenvalue weighted by Crippen LogP contribution is -2.13. The molecule has 0 amide bonds. The van der Waals surface area contributed by atoms with Crippen molar-refractivity contribution in [3.8, 4) is 17.1 Å². The van der Waals surface area contributed by atoms with Gasteiger partial charge in [0, 0.05) is 5.56 Å². The van der Waals surface area contributed by atoms with Gasteiger partial charge in [-0.1, -0.05) is 18.2 Å². The van der Waals surface area contributed by atoms with Crippen molar-refractivity contribution in [2.24, 2.45) is 0 Å². The highest BCUT2D eigenvalue weighted by Crippen LogP contribution is 2.33. The Morgan fingerprint density at radius 1 is 1.15 bits per heavy atom. The zero-order valence-corrected chi connectivity index (χ0v) is 15.2. The molecule has 140 valence electrons. The van der Waals surface area contributed by atoms with E-state index in [-0.39, 0.29) is 29.8 Å². The van der Waals surface area contributed by atoms with E-state index in [0.717, 1.165) is 0 Å². The standard InChI is InChI=1S/C21H20O6/c1-3-25-17-10-5-4-7-14(17)19-13(2)18(23)15-8-6-9-16(20(15)27-19)21(24)26-12-11-22/h4-10,22H,3,11-12H2,1-2H3. The molecule has 0 atom stereocenters. The van der Waals surface area contributed by atoms with Crippen molar-refractivity contribution in [3.05, 3.63) is 63.8 Å². The molecule has 3 rings (SSSR count). The summed E-state index contributed by atoms with van der Waals surface area (Å²) in [4.78, 5) is 25.2. The average molecular weight is 368 g/mol. The van der Waals surface area contributed by atoms with E-state index in [1.54, 1.807) is 31.2 Å². The molecule has 0 saturated heterocycles. The lowest BCUT2D eigenvalue weighted by molar-refractivity contribution is 0.0434. The average Bonchev–Trinajstić information content (AvgIpc) is 2.69. The van der Waals surface area contributed by atoms with Crippen LogP contribution >= 0.6 is 0 Å². The van der Waals surface area contributed by atoms with Crippen molar-refractivity contribution in [3.63, 3.8) is 0 Å². The summed E-state index contributed by atoms with van der Waals surface area (Å²) in [5, 5.41) is 9.16. The molecule has 6 heteroatoms. The number of carbonyl (C=O) groups excluding carboxylic acids is 1. The molecular weight excluding hydrogens is 348 g/mol. The molecule has 1 aromatic heterocycles. The molecule has 2 aromatic carbocycles. The van der Waals surface area contributed by atoms with Gasteiger partial charge in [-0.3, -0.25) is 4.79 Å². The van der Waals surface area contributed by atoms with E-state index in [9.17, 15) is 9.59 Å². The molecule has 1 N–H and O–H groups in total. The summed E-state index contributed by atoms with van der Waals surface area (Å²) in [6.07, 6.45) is 0. The summed E-state index contributed by atoms with van der Waals surface area (Å²) in [5.41, 5.74) is 1.12. The second-order valence-electron chi connectivity index (χ2n) is 5.86. The van der Waals surface area contributed by atoms with Crippen molar-refractivity contribution in [1.29, 1.82) is 0 Å². The second-order valence-corrected chi connectivity index (χ2v) is 5.86. The van der Waals surface area contributed by atoms with E-state index in [0.29, 0.717) is 34.6 Å². The fourth-order valence-corrected chi connectivity index (χ4v) is 2.88. The Kier molecular flexibility index (Phi) is 5.57. The number of aliphatic hydroxyl groups is 1. The lowest BCUT2D eigenvalue weighted by Gasteiger charge is -2.13. The minimum Gasteiger partial charge on any atom is -0.493 e. The fraction of sp³-hybridized carbons (Fsp3) is 0.238. The van der Waals surface area contributed by atoms with Gasteiger partial charge in [0.05, 0.1) is 24.2 Å². The maximum atomic E-state index is 12.9. The van der Waals surface area contributed by atoms with Crippen LogP contribution in [-0.2, 0) is 4.74 Å². The van der Waals surface area contributed by atoms with Crippen molar-refractivity contribution in [2.45, 2.75) is 13.8 Å². The zero-order chi connectivity index (χ0) is 19.4. The maximum absolute atomic E-state index is 12.9. The number of hydrogen-bond acceptors (Lipinski definition) is 6. The summed E-state index contributed by atoms with van der Waals surface area (Å²) < 4.78 is 16.7. The van der Waals surface area contributed by atoms with Gasteiger partial charge in [-0.15, -0.1) is 0 Å². The van der Waals surface area contributed by atoms with Gasteiger partial charge in [0.25, 0.3) is 0 Å². The first kappa shape index (κ1) is 18.7. The first-order valence-corrected chi connectivity index (χ1v) is 8.65. The van der Waals surface area contributed by atoms with Crippen LogP contribution in [0.1, 0.15) is 22.8 Å². The van der Waals surface area contributed by atoms with Crippen LogP contribution in [0.15, 0.2) is 51.7 Å². The van der Waals surface area contributed by atoms with Gasteiger partial charge in [-0.25, -0.2) is 4.79 Å². The topological polar surface area (TPSA) is 86.0 Å². The number of fused-ring (bicyclic) bond motifs is 1. The van der Waals surface area contributed by atoms with Gasteiger partial charge in [0.1, 0.15) is 23.7 Å². The second kappa shape index (κ2) is 8.05. The van der Waals surface area contributed by atoms with E-state index >= 15 is 0 Å². The molecule has 1 heterocycles. The number of para-hydroxylation sites is 2. The van der Waals surface area contributed by atoms with Crippen LogP contribution < -0.4 is 10.2 Å². The number of esters is 1. The van der Waals surface area contributed by atoms with Gasteiger partial charge in [0.15, 0.2) is 11.0 Å². The zero-order valence-electron chi connectivity index (χ0n) is 15.2. The van der Waals surface area contributed by atoms with Crippen LogP contribution in [0.5, 0.6) is 5.75 Å². The molecule has 0 radical (unpaired) electrons. The summed E-state index contributed by atoms with van der Waals surface area (Å²) in [6.45, 7) is 3.60. The number of rotatable bonds is 6. The van der Waals surface area contributed by atoms with Crippen molar-refractivity contribution < 1.29 is 23.8 Å². The number of hydrogen-bond donors (Lipinski definition) is 1. The predicted octanol–water partition coefficient (Wildman–Crippen LogP) is 3.32. The third kappa shape index (κ3) is 3.57. The molecule has 0 fully saturated rings. The Morgan fingerprint density at radius 3 is 2.67 bits per heavy atom. The van der Waals surface area contributed by atoms with Gasteiger partial charge >= 0.3 is 5.97 Å². The minimum absolute atomic E-state index is 0.133. The molecule has 0 unspecified atom stereocenters. The molecule has 0 spiro atoms. The first-order valence-electron chi connectivity index (χ1n) is 8.65. The van der Waals surface area contributed by atoms with E-state index in [4.69, 9.17) is 19.0 Å².